The summed E-state index contributed by atoms with van der Waals surface area (Å²) in [5.41, 5.74) is 3.17. The molecule has 0 unspecified atom stereocenters. The Morgan fingerprint density at radius 1 is 1.10 bits per heavy atom. The monoisotopic (exact) mass is 396 g/mol. The molecule has 7 heteroatoms. The molecule has 0 aromatic heterocycles. The van der Waals surface area contributed by atoms with Gasteiger partial charge in [0.05, 0.1) is 11.5 Å². The van der Waals surface area contributed by atoms with E-state index in [1.165, 1.54) is 17.2 Å². The van der Waals surface area contributed by atoms with Crippen LogP contribution < -0.4 is 4.90 Å². The van der Waals surface area contributed by atoms with Gasteiger partial charge < -0.3 is 9.80 Å². The molecule has 1 saturated heterocycles. The van der Waals surface area contributed by atoms with Crippen LogP contribution in [-0.4, -0.2) is 59.9 Å². The second kappa shape index (κ2) is 9.52. The van der Waals surface area contributed by atoms with Crippen LogP contribution in [0.2, 0.25) is 0 Å². The first-order valence-corrected chi connectivity index (χ1v) is 10.0. The van der Waals surface area contributed by atoms with Gasteiger partial charge in [0, 0.05) is 38.8 Å². The van der Waals surface area contributed by atoms with Crippen LogP contribution in [0.25, 0.3) is 0 Å². The summed E-state index contributed by atoms with van der Waals surface area (Å²) in [4.78, 5) is 29.7. The van der Waals surface area contributed by atoms with Gasteiger partial charge in [-0.15, -0.1) is 0 Å². The third-order valence-corrected chi connectivity index (χ3v) is 5.35. The fraction of sp³-hybridized carbons (Fsp3) is 0.409. The maximum atomic E-state index is 12.8. The normalized spacial score (nSPS) is 14.3. The van der Waals surface area contributed by atoms with Gasteiger partial charge in [-0.3, -0.25) is 19.8 Å². The zero-order valence-corrected chi connectivity index (χ0v) is 17.1. The van der Waals surface area contributed by atoms with E-state index in [0.717, 1.165) is 13.1 Å². The van der Waals surface area contributed by atoms with E-state index in [4.69, 9.17) is 0 Å². The number of nitrogens with zero attached hydrogens (tertiary/aromatic N) is 4. The van der Waals surface area contributed by atoms with Gasteiger partial charge in [-0.2, -0.15) is 0 Å². The molecule has 1 aliphatic heterocycles. The summed E-state index contributed by atoms with van der Waals surface area (Å²) in [6.45, 7) is 8.42. The Labute approximate surface area is 171 Å². The maximum absolute atomic E-state index is 12.8. The number of carbonyl (C=O) groups is 1. The standard InChI is InChI=1S/C22H28N4O3/c1-3-23(16-19-8-6-7-18(2)15-19)17-22(27)25-13-11-24(12-14-25)20-9-4-5-10-21(20)26(28)29/h4-10,15H,3,11-14,16-17H2,1-2H3. The molecule has 2 aromatic carbocycles. The van der Waals surface area contributed by atoms with E-state index in [2.05, 4.69) is 36.9 Å². The van der Waals surface area contributed by atoms with Crippen LogP contribution in [0.15, 0.2) is 48.5 Å². The zero-order valence-electron chi connectivity index (χ0n) is 17.1. The molecule has 0 saturated carbocycles. The number of carbonyl (C=O) groups excluding carboxylic acids is 1. The summed E-state index contributed by atoms with van der Waals surface area (Å²) < 4.78 is 0. The molecule has 7 nitrogen and oxygen atoms in total. The number of nitro groups is 1. The van der Waals surface area contributed by atoms with Crippen molar-refractivity contribution in [3.05, 3.63) is 69.8 Å². The highest BCUT2D eigenvalue weighted by molar-refractivity contribution is 5.78. The van der Waals surface area contributed by atoms with Crippen molar-refractivity contribution in [3.8, 4) is 0 Å². The van der Waals surface area contributed by atoms with Gasteiger partial charge in [-0.05, 0) is 25.1 Å². The van der Waals surface area contributed by atoms with Crippen LogP contribution in [0.5, 0.6) is 0 Å². The molecule has 29 heavy (non-hydrogen) atoms. The Balaban J connectivity index is 1.56. The molecule has 1 aliphatic rings. The van der Waals surface area contributed by atoms with Crippen molar-refractivity contribution < 1.29 is 9.72 Å². The molecule has 1 amide bonds. The molecular weight excluding hydrogens is 368 g/mol. The number of rotatable bonds is 7. The Kier molecular flexibility index (Phi) is 6.82. The number of hydrogen-bond acceptors (Lipinski definition) is 5. The van der Waals surface area contributed by atoms with Gasteiger partial charge >= 0.3 is 0 Å². The van der Waals surface area contributed by atoms with E-state index >= 15 is 0 Å². The van der Waals surface area contributed by atoms with Crippen molar-refractivity contribution in [1.29, 1.82) is 0 Å². The van der Waals surface area contributed by atoms with Gasteiger partial charge in [0.2, 0.25) is 5.91 Å². The third-order valence-electron chi connectivity index (χ3n) is 5.35. The van der Waals surface area contributed by atoms with Gasteiger partial charge in [-0.25, -0.2) is 0 Å². The molecule has 1 heterocycles. The number of anilines is 1. The lowest BCUT2D eigenvalue weighted by Crippen LogP contribution is -2.51. The third kappa shape index (κ3) is 5.32. The highest BCUT2D eigenvalue weighted by atomic mass is 16.6. The lowest BCUT2D eigenvalue weighted by molar-refractivity contribution is -0.384. The summed E-state index contributed by atoms with van der Waals surface area (Å²) in [5, 5.41) is 11.3. The number of amides is 1. The van der Waals surface area contributed by atoms with Gasteiger partial charge in [0.1, 0.15) is 5.69 Å². The molecule has 0 atom stereocenters. The summed E-state index contributed by atoms with van der Waals surface area (Å²) >= 11 is 0. The average Bonchev–Trinajstić information content (AvgIpc) is 2.73. The van der Waals surface area contributed by atoms with Crippen LogP contribution in [0, 0.1) is 17.0 Å². The predicted octanol–water partition coefficient (Wildman–Crippen LogP) is 3.07. The largest absolute Gasteiger partial charge is 0.362 e. The topological polar surface area (TPSA) is 69.9 Å². The van der Waals surface area contributed by atoms with E-state index in [1.54, 1.807) is 12.1 Å². The number of piperazine rings is 1. The molecule has 0 N–H and O–H groups in total. The quantitative estimate of drug-likeness (QED) is 0.531. The molecule has 154 valence electrons. The second-order valence-corrected chi connectivity index (χ2v) is 7.41. The van der Waals surface area contributed by atoms with Gasteiger partial charge in [0.25, 0.3) is 5.69 Å². The fourth-order valence-corrected chi connectivity index (χ4v) is 3.72. The number of benzene rings is 2. The summed E-state index contributed by atoms with van der Waals surface area (Å²) in [7, 11) is 0. The lowest BCUT2D eigenvalue weighted by Gasteiger charge is -2.36. The molecule has 3 rings (SSSR count). The summed E-state index contributed by atoms with van der Waals surface area (Å²) in [5.74, 6) is 0.113. The number of aryl methyl sites for hydroxylation is 1. The highest BCUT2D eigenvalue weighted by Crippen LogP contribution is 2.28. The SMILES string of the molecule is CCN(CC(=O)N1CCN(c2ccccc2[N+](=O)[O-])CC1)Cc1cccc(C)c1. The minimum Gasteiger partial charge on any atom is -0.362 e. The molecule has 2 aromatic rings. The lowest BCUT2D eigenvalue weighted by atomic mass is 10.1. The van der Waals surface area contributed by atoms with Crippen LogP contribution in [-0.2, 0) is 11.3 Å². The Hall–Kier alpha value is -2.93. The van der Waals surface area contributed by atoms with Crippen LogP contribution >= 0.6 is 0 Å². The second-order valence-electron chi connectivity index (χ2n) is 7.41. The van der Waals surface area contributed by atoms with Crippen LogP contribution in [0.3, 0.4) is 0 Å². The number of nitro benzene ring substituents is 1. The minimum atomic E-state index is -0.350. The molecular formula is C22H28N4O3. The highest BCUT2D eigenvalue weighted by Gasteiger charge is 2.26. The fourth-order valence-electron chi connectivity index (χ4n) is 3.72. The molecule has 1 fully saturated rings. The smallest absolute Gasteiger partial charge is 0.292 e. The van der Waals surface area contributed by atoms with Crippen molar-refractivity contribution in [3.63, 3.8) is 0 Å². The first kappa shape index (κ1) is 20.8. The van der Waals surface area contributed by atoms with Crippen molar-refractivity contribution in [2.45, 2.75) is 20.4 Å². The van der Waals surface area contributed by atoms with Gasteiger partial charge in [-0.1, -0.05) is 48.9 Å². The first-order chi connectivity index (χ1) is 14.0. The van der Waals surface area contributed by atoms with Crippen LogP contribution in [0.1, 0.15) is 18.1 Å². The Bertz CT molecular complexity index is 863. The maximum Gasteiger partial charge on any atom is 0.292 e. The predicted molar refractivity (Wildman–Crippen MR) is 114 cm³/mol. The molecule has 0 aliphatic carbocycles. The van der Waals surface area contributed by atoms with E-state index < -0.39 is 0 Å². The zero-order chi connectivity index (χ0) is 20.8. The van der Waals surface area contributed by atoms with E-state index in [1.807, 2.05) is 21.9 Å². The number of para-hydroxylation sites is 2. The summed E-state index contributed by atoms with van der Waals surface area (Å²) in [6.07, 6.45) is 0. The summed E-state index contributed by atoms with van der Waals surface area (Å²) in [6, 6.07) is 15.1. The van der Waals surface area contributed by atoms with E-state index in [9.17, 15) is 14.9 Å². The molecule has 0 bridgehead atoms. The average molecular weight is 396 g/mol. The van der Waals surface area contributed by atoms with Gasteiger partial charge in [0.15, 0.2) is 0 Å². The van der Waals surface area contributed by atoms with E-state index in [-0.39, 0.29) is 16.5 Å². The Morgan fingerprint density at radius 3 is 2.48 bits per heavy atom. The van der Waals surface area contributed by atoms with Crippen LogP contribution in [0.4, 0.5) is 11.4 Å². The number of likely N-dealkylation sites (N-methyl/N-ethyl adjacent to an activating group) is 1. The molecule has 0 spiro atoms. The van der Waals surface area contributed by atoms with Crippen molar-refractivity contribution >= 4 is 17.3 Å². The van der Waals surface area contributed by atoms with E-state index in [0.29, 0.717) is 38.4 Å². The van der Waals surface area contributed by atoms with Crippen molar-refractivity contribution in [2.24, 2.45) is 0 Å². The van der Waals surface area contributed by atoms with Crippen molar-refractivity contribution in [2.75, 3.05) is 44.2 Å². The Morgan fingerprint density at radius 2 is 1.83 bits per heavy atom. The van der Waals surface area contributed by atoms with Crippen molar-refractivity contribution in [1.82, 2.24) is 9.80 Å². The number of hydrogen-bond donors (Lipinski definition) is 0. The minimum absolute atomic E-state index is 0.113. The first-order valence-electron chi connectivity index (χ1n) is 10.0. The molecule has 0 radical (unpaired) electrons.